The molecular weight excluding hydrogens is 906 g/mol. The van der Waals surface area contributed by atoms with Crippen molar-refractivity contribution in [3.05, 3.63) is 47.6 Å². The van der Waals surface area contributed by atoms with Crippen molar-refractivity contribution in [3.63, 3.8) is 0 Å². The summed E-state index contributed by atoms with van der Waals surface area (Å²) in [6, 6.07) is -1.16. The number of carbonyl (C=O) groups excluding carboxylic acids is 5. The summed E-state index contributed by atoms with van der Waals surface area (Å²) >= 11 is 0. The van der Waals surface area contributed by atoms with Crippen LogP contribution in [0.3, 0.4) is 0 Å². The van der Waals surface area contributed by atoms with Crippen LogP contribution < -0.4 is 0 Å². The van der Waals surface area contributed by atoms with E-state index in [2.05, 4.69) is 0 Å². The molecule has 15 nitrogen and oxygen atoms in total. The molecule has 3 aliphatic heterocycles. The molecular formula is C53H84NO14P. The molecule has 1 aliphatic carbocycles. The first-order valence-electron chi connectivity index (χ1n) is 25.2. The van der Waals surface area contributed by atoms with Crippen LogP contribution in [0, 0.1) is 35.5 Å². The Morgan fingerprint density at radius 1 is 0.855 bits per heavy atom. The zero-order chi connectivity index (χ0) is 51.4. The first-order chi connectivity index (χ1) is 32.4. The monoisotopic (exact) mass is 990 g/mol. The normalized spacial score (nSPS) is 36.6. The third kappa shape index (κ3) is 16.2. The van der Waals surface area contributed by atoms with Crippen molar-refractivity contribution < 1.29 is 67.0 Å². The lowest BCUT2D eigenvalue weighted by molar-refractivity contribution is -0.265. The molecule has 2 bridgehead atoms. The standard InChI is InChI=1S/C53H84NO14P/c1-32-18-14-13-15-19-33(2)44(63-8)30-40-23-21-38(7)53(61,67-40)50(58)51(59)54-25-17-16-20-41(54)52(60)66-45(35(4)28-39-22-24-43(46(29-39)64-9)68-69(11,12)62)31-42(55)34(3)27-37(6)48(57)49(65-10)47(56)36(5)26-32/h13-15,18-19,27,32,34-36,38-41,43-46,48-49,57,61H,16-17,20-26,28-31H2,1-12H3/t32-,34-,35-,36-,38-,39+,40+,41-,43+,44+,45+,46-,48-,49+,53-/m1/s1. The van der Waals surface area contributed by atoms with Crippen LogP contribution in [0.1, 0.15) is 126 Å². The van der Waals surface area contributed by atoms with E-state index in [9.17, 15) is 38.8 Å². The SMILES string of the molecule is CO[C@H]1C[C@@H]2CC[C@@H](C)[C@@](O)(O2)C(=O)C(=O)N2CCCC[C@@H]2C(=O)O[C@H]([C@H](C)C[C@@H]2CC[C@H](OP(C)(C)=O)[C@H](OC)C2)CC(=O)[C@H](C)C=C(C)[C@@H](O)[C@@H](OC)C(=O)[C@H](C)C[C@H](C)C=CC=CC=C1C. The van der Waals surface area contributed by atoms with Crippen molar-refractivity contribution in [3.8, 4) is 0 Å². The number of esters is 1. The van der Waals surface area contributed by atoms with Gasteiger partial charge in [-0.15, -0.1) is 0 Å². The maximum Gasteiger partial charge on any atom is 0.329 e. The number of hydrogen-bond acceptors (Lipinski definition) is 14. The highest BCUT2D eigenvalue weighted by molar-refractivity contribution is 7.57. The van der Waals surface area contributed by atoms with Gasteiger partial charge in [-0.25, -0.2) is 4.79 Å². The molecule has 0 aromatic heterocycles. The summed E-state index contributed by atoms with van der Waals surface area (Å²) in [4.78, 5) is 72.2. The van der Waals surface area contributed by atoms with Crippen LogP contribution in [0.5, 0.6) is 0 Å². The van der Waals surface area contributed by atoms with Crippen molar-refractivity contribution in [1.82, 2.24) is 4.90 Å². The third-order valence-electron chi connectivity index (χ3n) is 14.8. The zero-order valence-electron chi connectivity index (χ0n) is 43.4. The first-order valence-corrected chi connectivity index (χ1v) is 27.7. The maximum absolute atomic E-state index is 14.5. The van der Waals surface area contributed by atoms with Crippen LogP contribution in [0.25, 0.3) is 0 Å². The Bertz CT molecular complexity index is 1940. The molecule has 0 unspecified atom stereocenters. The van der Waals surface area contributed by atoms with E-state index in [0.717, 1.165) is 12.0 Å². The first kappa shape index (κ1) is 58.4. The molecule has 0 radical (unpaired) electrons. The number of nitrogens with zero attached hydrogens (tertiary/aromatic N) is 1. The van der Waals surface area contributed by atoms with Crippen LogP contribution >= 0.6 is 7.37 Å². The van der Waals surface area contributed by atoms with Crippen molar-refractivity contribution in [2.75, 3.05) is 41.2 Å². The van der Waals surface area contributed by atoms with E-state index >= 15 is 0 Å². The van der Waals surface area contributed by atoms with E-state index in [4.69, 9.17) is 28.2 Å². The van der Waals surface area contributed by atoms with E-state index in [1.807, 2.05) is 58.1 Å². The van der Waals surface area contributed by atoms with E-state index < -0.39 is 85.1 Å². The van der Waals surface area contributed by atoms with E-state index in [1.54, 1.807) is 54.4 Å². The minimum Gasteiger partial charge on any atom is -0.460 e. The Kier molecular flexibility index (Phi) is 22.5. The van der Waals surface area contributed by atoms with Gasteiger partial charge in [-0.2, -0.15) is 0 Å². The van der Waals surface area contributed by atoms with Gasteiger partial charge in [0.1, 0.15) is 30.1 Å². The van der Waals surface area contributed by atoms with Gasteiger partial charge in [0, 0.05) is 71.8 Å². The second kappa shape index (κ2) is 26.5. The van der Waals surface area contributed by atoms with Crippen LogP contribution in [-0.2, 0) is 56.7 Å². The second-order valence-electron chi connectivity index (χ2n) is 20.9. The highest BCUT2D eigenvalue weighted by Crippen LogP contribution is 2.45. The predicted octanol–water partition coefficient (Wildman–Crippen LogP) is 7.74. The van der Waals surface area contributed by atoms with Gasteiger partial charge >= 0.3 is 5.97 Å². The lowest BCUT2D eigenvalue weighted by Crippen LogP contribution is -2.61. The van der Waals surface area contributed by atoms with E-state index in [1.165, 1.54) is 12.0 Å². The molecule has 1 saturated carbocycles. The number of rotatable bonds is 8. The largest absolute Gasteiger partial charge is 0.460 e. The number of Topliss-reactive ketones (excluding diaryl/α,β-unsaturated/α-hetero) is 3. The Labute approximate surface area is 411 Å². The van der Waals surface area contributed by atoms with Crippen LogP contribution in [0.4, 0.5) is 0 Å². The molecule has 0 aromatic carbocycles. The summed E-state index contributed by atoms with van der Waals surface area (Å²) < 4.78 is 48.2. The number of ether oxygens (including phenoxy) is 5. The summed E-state index contributed by atoms with van der Waals surface area (Å²) in [5, 5.41) is 23.5. The maximum atomic E-state index is 14.5. The summed E-state index contributed by atoms with van der Waals surface area (Å²) in [5.41, 5.74) is 1.25. The summed E-state index contributed by atoms with van der Waals surface area (Å²) in [6.45, 7) is 15.9. The van der Waals surface area contributed by atoms with Crippen molar-refractivity contribution in [2.45, 2.75) is 180 Å². The highest BCUT2D eigenvalue weighted by Gasteiger charge is 2.53. The number of carbonyl (C=O) groups is 5. The number of aliphatic hydroxyl groups excluding tert-OH is 1. The third-order valence-corrected chi connectivity index (χ3v) is 15.6. The van der Waals surface area contributed by atoms with Gasteiger partial charge in [-0.05, 0) is 107 Å². The van der Waals surface area contributed by atoms with Crippen LogP contribution in [-0.4, -0.2) is 140 Å². The van der Waals surface area contributed by atoms with Gasteiger partial charge in [0.2, 0.25) is 5.79 Å². The molecule has 3 heterocycles. The minimum absolute atomic E-state index is 0.0117. The molecule has 16 heteroatoms. The molecule has 1 amide bonds. The molecule has 69 heavy (non-hydrogen) atoms. The molecule has 390 valence electrons. The fraction of sp³-hybridized carbons (Fsp3) is 0.755. The summed E-state index contributed by atoms with van der Waals surface area (Å²) in [7, 11) is 1.76. The number of amides is 1. The summed E-state index contributed by atoms with van der Waals surface area (Å²) in [6.07, 6.45) is 11.4. The molecule has 0 spiro atoms. The number of piperidine rings is 1. The minimum atomic E-state index is -2.79. The number of methoxy groups -OCH3 is 3. The van der Waals surface area contributed by atoms with Crippen LogP contribution in [0.2, 0.25) is 0 Å². The smallest absolute Gasteiger partial charge is 0.329 e. The average molecular weight is 990 g/mol. The Morgan fingerprint density at radius 3 is 2.22 bits per heavy atom. The van der Waals surface area contributed by atoms with Crippen molar-refractivity contribution in [2.24, 2.45) is 35.5 Å². The van der Waals surface area contributed by atoms with Gasteiger partial charge in [0.25, 0.3) is 11.7 Å². The Hall–Kier alpha value is -3.14. The van der Waals surface area contributed by atoms with Gasteiger partial charge in [0.15, 0.2) is 13.2 Å². The molecule has 4 rings (SSSR count). The second-order valence-corrected chi connectivity index (χ2v) is 23.6. The van der Waals surface area contributed by atoms with Crippen molar-refractivity contribution in [1.29, 1.82) is 0 Å². The number of hydrogen-bond donors (Lipinski definition) is 2. The fourth-order valence-corrected chi connectivity index (χ4v) is 11.4. The quantitative estimate of drug-likeness (QED) is 0.104. The number of ketones is 3. The van der Waals surface area contributed by atoms with Gasteiger partial charge in [-0.1, -0.05) is 71.1 Å². The lowest BCUT2D eigenvalue weighted by Gasteiger charge is -2.42. The molecule has 2 saturated heterocycles. The van der Waals surface area contributed by atoms with Gasteiger partial charge < -0.3 is 43.3 Å². The molecule has 0 aromatic rings. The Balaban J connectivity index is 1.70. The molecule has 3 fully saturated rings. The topological polar surface area (TPSA) is 201 Å². The predicted molar refractivity (Wildman–Crippen MR) is 263 cm³/mol. The number of fused-ring (bicyclic) bond motifs is 3. The Morgan fingerprint density at radius 2 is 1.57 bits per heavy atom. The van der Waals surface area contributed by atoms with Crippen molar-refractivity contribution >= 4 is 36.6 Å². The van der Waals surface area contributed by atoms with E-state index in [0.29, 0.717) is 63.4 Å². The molecule has 4 aliphatic rings. The average Bonchev–Trinajstić information content (AvgIpc) is 3.30. The lowest BCUT2D eigenvalue weighted by atomic mass is 9.78. The zero-order valence-corrected chi connectivity index (χ0v) is 44.3. The van der Waals surface area contributed by atoms with Gasteiger partial charge in [-0.3, -0.25) is 23.7 Å². The summed E-state index contributed by atoms with van der Waals surface area (Å²) in [5.74, 6) is -8.11. The van der Waals surface area contributed by atoms with E-state index in [-0.39, 0.29) is 60.9 Å². The molecule has 15 atom stereocenters. The number of aliphatic hydroxyl groups is 2. The fourth-order valence-electron chi connectivity index (χ4n) is 10.5. The number of allylic oxidation sites excluding steroid dienone is 6. The van der Waals surface area contributed by atoms with Crippen LogP contribution in [0.15, 0.2) is 47.6 Å². The number of cyclic esters (lactones) is 1. The molecule has 2 N–H and O–H groups in total. The highest BCUT2D eigenvalue weighted by atomic mass is 31.2. The van der Waals surface area contributed by atoms with Gasteiger partial charge in [0.05, 0.1) is 24.4 Å².